The SMILES string of the molecule is CC(C)N1CCN(C(C)(C)N(C)C)C(=O)C1. The molecule has 1 aliphatic heterocycles. The first-order valence-corrected chi connectivity index (χ1v) is 5.98. The van der Waals surface area contributed by atoms with Crippen LogP contribution in [0.5, 0.6) is 0 Å². The van der Waals surface area contributed by atoms with Crippen molar-refractivity contribution in [1.29, 1.82) is 0 Å². The second-order valence-electron chi connectivity index (χ2n) is 5.50. The summed E-state index contributed by atoms with van der Waals surface area (Å²) in [7, 11) is 4.03. The molecule has 4 nitrogen and oxygen atoms in total. The Bertz CT molecular complexity index is 261. The van der Waals surface area contributed by atoms with E-state index in [9.17, 15) is 4.79 Å². The van der Waals surface area contributed by atoms with E-state index in [1.807, 2.05) is 19.0 Å². The highest BCUT2D eigenvalue weighted by Gasteiger charge is 2.36. The van der Waals surface area contributed by atoms with Gasteiger partial charge in [0.1, 0.15) is 0 Å². The summed E-state index contributed by atoms with van der Waals surface area (Å²) in [5.41, 5.74) is -0.194. The first kappa shape index (κ1) is 13.5. The molecule has 0 aromatic heterocycles. The fraction of sp³-hybridized carbons (Fsp3) is 0.917. The maximum atomic E-state index is 12.1. The maximum absolute atomic E-state index is 12.1. The zero-order chi connectivity index (χ0) is 12.5. The van der Waals surface area contributed by atoms with E-state index in [1.165, 1.54) is 0 Å². The molecule has 1 amide bonds. The molecule has 0 spiro atoms. The Hall–Kier alpha value is -0.610. The van der Waals surface area contributed by atoms with Crippen molar-refractivity contribution in [1.82, 2.24) is 14.7 Å². The molecule has 4 heteroatoms. The van der Waals surface area contributed by atoms with Gasteiger partial charge in [-0.25, -0.2) is 0 Å². The van der Waals surface area contributed by atoms with E-state index >= 15 is 0 Å². The Kier molecular flexibility index (Phi) is 3.97. The molecule has 1 aliphatic rings. The zero-order valence-electron chi connectivity index (χ0n) is 11.4. The Morgan fingerprint density at radius 2 is 1.81 bits per heavy atom. The van der Waals surface area contributed by atoms with Crippen LogP contribution in [0, 0.1) is 0 Å². The summed E-state index contributed by atoms with van der Waals surface area (Å²) in [6.07, 6.45) is 0. The van der Waals surface area contributed by atoms with Crippen molar-refractivity contribution in [2.45, 2.75) is 39.4 Å². The molecule has 0 atom stereocenters. The van der Waals surface area contributed by atoms with Crippen LogP contribution in [0.3, 0.4) is 0 Å². The predicted molar refractivity (Wildman–Crippen MR) is 66.2 cm³/mol. The molecular formula is C12H25N3O. The zero-order valence-corrected chi connectivity index (χ0v) is 11.4. The topological polar surface area (TPSA) is 26.8 Å². The number of rotatable bonds is 3. The van der Waals surface area contributed by atoms with Gasteiger partial charge in [-0.2, -0.15) is 0 Å². The molecule has 0 N–H and O–H groups in total. The predicted octanol–water partition coefficient (Wildman–Crippen LogP) is 0.837. The molecule has 0 unspecified atom stereocenters. The summed E-state index contributed by atoms with van der Waals surface area (Å²) in [6, 6.07) is 0.452. The Morgan fingerprint density at radius 3 is 2.19 bits per heavy atom. The van der Waals surface area contributed by atoms with Gasteiger partial charge in [0, 0.05) is 19.1 Å². The fourth-order valence-electron chi connectivity index (χ4n) is 1.95. The lowest BCUT2D eigenvalue weighted by Gasteiger charge is -2.47. The van der Waals surface area contributed by atoms with Gasteiger partial charge in [0.05, 0.1) is 12.2 Å². The van der Waals surface area contributed by atoms with Gasteiger partial charge in [-0.1, -0.05) is 0 Å². The molecule has 0 radical (unpaired) electrons. The van der Waals surface area contributed by atoms with Crippen molar-refractivity contribution >= 4 is 5.91 Å². The molecule has 0 aromatic carbocycles. The quantitative estimate of drug-likeness (QED) is 0.715. The third-order valence-electron chi connectivity index (χ3n) is 3.74. The van der Waals surface area contributed by atoms with E-state index in [-0.39, 0.29) is 11.6 Å². The van der Waals surface area contributed by atoms with Crippen LogP contribution in [0.25, 0.3) is 0 Å². The summed E-state index contributed by atoms with van der Waals surface area (Å²) in [5.74, 6) is 0.235. The molecular weight excluding hydrogens is 202 g/mol. The van der Waals surface area contributed by atoms with Crippen molar-refractivity contribution in [2.75, 3.05) is 33.7 Å². The second-order valence-corrected chi connectivity index (χ2v) is 5.50. The van der Waals surface area contributed by atoms with Gasteiger partial charge < -0.3 is 4.90 Å². The average molecular weight is 227 g/mol. The largest absolute Gasteiger partial charge is 0.322 e. The number of carbonyl (C=O) groups is 1. The number of hydrogen-bond acceptors (Lipinski definition) is 3. The van der Waals surface area contributed by atoms with Gasteiger partial charge in [-0.05, 0) is 41.8 Å². The van der Waals surface area contributed by atoms with E-state index in [1.54, 1.807) is 0 Å². The molecule has 16 heavy (non-hydrogen) atoms. The van der Waals surface area contributed by atoms with Gasteiger partial charge in [0.25, 0.3) is 0 Å². The van der Waals surface area contributed by atoms with E-state index in [0.717, 1.165) is 13.1 Å². The second kappa shape index (κ2) is 4.72. The summed E-state index contributed by atoms with van der Waals surface area (Å²) in [6.45, 7) is 10.8. The third kappa shape index (κ3) is 2.55. The smallest absolute Gasteiger partial charge is 0.238 e. The molecule has 0 aromatic rings. The van der Waals surface area contributed by atoms with Crippen LogP contribution in [0.1, 0.15) is 27.7 Å². The Morgan fingerprint density at radius 1 is 1.25 bits per heavy atom. The maximum Gasteiger partial charge on any atom is 0.238 e. The van der Waals surface area contributed by atoms with E-state index < -0.39 is 0 Å². The average Bonchev–Trinajstić information content (AvgIpc) is 2.16. The summed E-state index contributed by atoms with van der Waals surface area (Å²) >= 11 is 0. The van der Waals surface area contributed by atoms with Gasteiger partial charge in [-0.15, -0.1) is 0 Å². The minimum atomic E-state index is -0.194. The van der Waals surface area contributed by atoms with Crippen LogP contribution in [0.4, 0.5) is 0 Å². The van der Waals surface area contributed by atoms with Crippen molar-refractivity contribution in [2.24, 2.45) is 0 Å². The molecule has 1 saturated heterocycles. The summed E-state index contributed by atoms with van der Waals surface area (Å²) in [4.78, 5) is 18.4. The highest BCUT2D eigenvalue weighted by atomic mass is 16.2. The number of hydrogen-bond donors (Lipinski definition) is 0. The van der Waals surface area contributed by atoms with Crippen molar-refractivity contribution < 1.29 is 4.79 Å². The normalized spacial score (nSPS) is 20.0. The molecule has 0 saturated carbocycles. The van der Waals surface area contributed by atoms with Crippen molar-refractivity contribution in [3.05, 3.63) is 0 Å². The molecule has 1 fully saturated rings. The molecule has 1 rings (SSSR count). The molecule has 94 valence electrons. The fourth-order valence-corrected chi connectivity index (χ4v) is 1.95. The van der Waals surface area contributed by atoms with Crippen LogP contribution in [0.2, 0.25) is 0 Å². The Balaban J connectivity index is 2.71. The van der Waals surface area contributed by atoms with Gasteiger partial charge in [0.2, 0.25) is 5.91 Å². The number of nitrogens with zero attached hydrogens (tertiary/aromatic N) is 3. The highest BCUT2D eigenvalue weighted by molar-refractivity contribution is 5.79. The monoisotopic (exact) mass is 227 g/mol. The van der Waals surface area contributed by atoms with Crippen LogP contribution < -0.4 is 0 Å². The molecule has 1 heterocycles. The first-order chi connectivity index (χ1) is 7.26. The lowest BCUT2D eigenvalue weighted by atomic mass is 10.1. The van der Waals surface area contributed by atoms with Gasteiger partial charge >= 0.3 is 0 Å². The lowest BCUT2D eigenvalue weighted by molar-refractivity contribution is -0.150. The number of carbonyl (C=O) groups excluding carboxylic acids is 1. The standard InChI is InChI=1S/C12H25N3O/c1-10(2)14-7-8-15(11(16)9-14)12(3,4)13(5)6/h10H,7-9H2,1-6H3. The van der Waals surface area contributed by atoms with E-state index in [0.29, 0.717) is 12.6 Å². The lowest BCUT2D eigenvalue weighted by Crippen LogP contribution is -2.63. The molecule has 0 aliphatic carbocycles. The first-order valence-electron chi connectivity index (χ1n) is 5.98. The van der Waals surface area contributed by atoms with Crippen LogP contribution in [-0.4, -0.2) is 66.0 Å². The van der Waals surface area contributed by atoms with E-state index in [2.05, 4.69) is 37.5 Å². The minimum absolute atomic E-state index is 0.194. The van der Waals surface area contributed by atoms with Gasteiger partial charge in [0.15, 0.2) is 0 Å². The van der Waals surface area contributed by atoms with Crippen molar-refractivity contribution in [3.8, 4) is 0 Å². The minimum Gasteiger partial charge on any atom is -0.322 e. The van der Waals surface area contributed by atoms with Crippen molar-refractivity contribution in [3.63, 3.8) is 0 Å². The number of amides is 1. The number of piperazine rings is 1. The third-order valence-corrected chi connectivity index (χ3v) is 3.74. The van der Waals surface area contributed by atoms with Crippen LogP contribution in [0.15, 0.2) is 0 Å². The van der Waals surface area contributed by atoms with Crippen LogP contribution >= 0.6 is 0 Å². The van der Waals surface area contributed by atoms with Crippen LogP contribution in [-0.2, 0) is 4.79 Å². The summed E-state index contributed by atoms with van der Waals surface area (Å²) in [5, 5.41) is 0. The van der Waals surface area contributed by atoms with E-state index in [4.69, 9.17) is 0 Å². The Labute approximate surface area is 99.2 Å². The van der Waals surface area contributed by atoms with Gasteiger partial charge in [-0.3, -0.25) is 14.6 Å². The summed E-state index contributed by atoms with van der Waals surface area (Å²) < 4.78 is 0. The highest BCUT2D eigenvalue weighted by Crippen LogP contribution is 2.20. The molecule has 0 bridgehead atoms.